The van der Waals surface area contributed by atoms with Crippen LogP contribution in [0.4, 0.5) is 0 Å². The van der Waals surface area contributed by atoms with Crippen molar-refractivity contribution >= 4 is 29.1 Å². The molecule has 2 aliphatic rings. The molecule has 1 aromatic heterocycles. The molecular formula is C18H20Cl2N4O. The van der Waals surface area contributed by atoms with E-state index in [0.29, 0.717) is 28.8 Å². The SMILES string of the molecule is O=C(NCC1(c2ccc(Cl)cc2Cl)CCC1)c1n[nH]c2c1CNCC2. The van der Waals surface area contributed by atoms with E-state index in [0.717, 1.165) is 49.0 Å². The Bertz CT molecular complexity index is 813. The Balaban J connectivity index is 1.51. The molecule has 0 bridgehead atoms. The predicted octanol–water partition coefficient (Wildman–Crippen LogP) is 3.21. The van der Waals surface area contributed by atoms with Crippen molar-refractivity contribution in [1.82, 2.24) is 20.8 Å². The number of nitrogens with one attached hydrogen (secondary N) is 3. The van der Waals surface area contributed by atoms with Crippen molar-refractivity contribution in [3.05, 3.63) is 50.8 Å². The van der Waals surface area contributed by atoms with Gasteiger partial charge in [-0.25, -0.2) is 0 Å². The van der Waals surface area contributed by atoms with Gasteiger partial charge < -0.3 is 10.6 Å². The van der Waals surface area contributed by atoms with E-state index < -0.39 is 0 Å². The molecule has 0 unspecified atom stereocenters. The van der Waals surface area contributed by atoms with Gasteiger partial charge in [-0.15, -0.1) is 0 Å². The molecule has 0 saturated heterocycles. The third-order valence-corrected chi connectivity index (χ3v) is 5.97. The van der Waals surface area contributed by atoms with Gasteiger partial charge in [-0.05, 0) is 30.5 Å². The number of nitrogens with zero attached hydrogens (tertiary/aromatic N) is 1. The number of aromatic nitrogens is 2. The maximum Gasteiger partial charge on any atom is 0.272 e. The van der Waals surface area contributed by atoms with Crippen LogP contribution in [0.25, 0.3) is 0 Å². The number of carbonyl (C=O) groups is 1. The zero-order valence-corrected chi connectivity index (χ0v) is 15.3. The van der Waals surface area contributed by atoms with Crippen LogP contribution >= 0.6 is 23.2 Å². The lowest BCUT2D eigenvalue weighted by molar-refractivity contribution is 0.0921. The summed E-state index contributed by atoms with van der Waals surface area (Å²) >= 11 is 12.4. The molecule has 1 fully saturated rings. The molecule has 3 N–H and O–H groups in total. The van der Waals surface area contributed by atoms with E-state index in [4.69, 9.17) is 23.2 Å². The Hall–Kier alpha value is -1.56. The predicted molar refractivity (Wildman–Crippen MR) is 98.3 cm³/mol. The molecule has 0 radical (unpaired) electrons. The smallest absolute Gasteiger partial charge is 0.272 e. The molecule has 0 atom stereocenters. The fourth-order valence-corrected chi connectivity index (χ4v) is 4.42. The monoisotopic (exact) mass is 378 g/mol. The average molecular weight is 379 g/mol. The van der Waals surface area contributed by atoms with Gasteiger partial charge in [0.15, 0.2) is 5.69 Å². The van der Waals surface area contributed by atoms with Crippen molar-refractivity contribution in [2.45, 2.75) is 37.6 Å². The van der Waals surface area contributed by atoms with E-state index in [-0.39, 0.29) is 11.3 Å². The Labute approximate surface area is 156 Å². The van der Waals surface area contributed by atoms with Gasteiger partial charge in [-0.3, -0.25) is 9.89 Å². The second kappa shape index (κ2) is 6.63. The summed E-state index contributed by atoms with van der Waals surface area (Å²) in [6, 6.07) is 5.62. The third kappa shape index (κ3) is 3.05. The first-order valence-electron chi connectivity index (χ1n) is 8.60. The second-order valence-corrected chi connectivity index (χ2v) is 7.74. The average Bonchev–Trinajstić information content (AvgIpc) is 2.99. The number of amides is 1. The molecule has 4 rings (SSSR count). The highest BCUT2D eigenvalue weighted by atomic mass is 35.5. The van der Waals surface area contributed by atoms with Gasteiger partial charge in [0.2, 0.25) is 0 Å². The summed E-state index contributed by atoms with van der Waals surface area (Å²) in [5.41, 5.74) is 3.50. The lowest BCUT2D eigenvalue weighted by atomic mass is 9.64. The van der Waals surface area contributed by atoms with Crippen LogP contribution in [0.5, 0.6) is 0 Å². The minimum Gasteiger partial charge on any atom is -0.350 e. The van der Waals surface area contributed by atoms with E-state index in [1.807, 2.05) is 12.1 Å². The van der Waals surface area contributed by atoms with Crippen molar-refractivity contribution < 1.29 is 4.79 Å². The van der Waals surface area contributed by atoms with Crippen LogP contribution < -0.4 is 10.6 Å². The first-order valence-corrected chi connectivity index (χ1v) is 9.35. The Morgan fingerprint density at radius 3 is 2.88 bits per heavy atom. The van der Waals surface area contributed by atoms with E-state index in [9.17, 15) is 4.79 Å². The molecule has 25 heavy (non-hydrogen) atoms. The van der Waals surface area contributed by atoms with Crippen molar-refractivity contribution in [2.75, 3.05) is 13.1 Å². The summed E-state index contributed by atoms with van der Waals surface area (Å²) in [4.78, 5) is 12.7. The van der Waals surface area contributed by atoms with Gasteiger partial charge in [0.25, 0.3) is 5.91 Å². The molecule has 1 aliphatic carbocycles. The van der Waals surface area contributed by atoms with Crippen LogP contribution in [0.2, 0.25) is 10.0 Å². The Kier molecular flexibility index (Phi) is 4.48. The topological polar surface area (TPSA) is 69.8 Å². The van der Waals surface area contributed by atoms with E-state index in [1.165, 1.54) is 0 Å². The summed E-state index contributed by atoms with van der Waals surface area (Å²) < 4.78 is 0. The summed E-state index contributed by atoms with van der Waals surface area (Å²) in [5.74, 6) is -0.127. The molecule has 132 valence electrons. The highest BCUT2D eigenvalue weighted by Gasteiger charge is 2.40. The zero-order chi connectivity index (χ0) is 17.4. The van der Waals surface area contributed by atoms with Gasteiger partial charge in [-0.1, -0.05) is 35.7 Å². The van der Waals surface area contributed by atoms with Crippen molar-refractivity contribution in [1.29, 1.82) is 0 Å². The van der Waals surface area contributed by atoms with E-state index in [1.54, 1.807) is 6.07 Å². The number of benzene rings is 1. The molecule has 1 saturated carbocycles. The summed E-state index contributed by atoms with van der Waals surface area (Å²) in [7, 11) is 0. The summed E-state index contributed by atoms with van der Waals surface area (Å²) in [6.07, 6.45) is 4.03. The molecular weight excluding hydrogens is 359 g/mol. The molecule has 5 nitrogen and oxygen atoms in total. The number of aromatic amines is 1. The fraction of sp³-hybridized carbons (Fsp3) is 0.444. The molecule has 2 aromatic rings. The second-order valence-electron chi connectivity index (χ2n) is 6.90. The number of halogens is 2. The minimum absolute atomic E-state index is 0.105. The number of rotatable bonds is 4. The maximum absolute atomic E-state index is 12.7. The normalized spacial score (nSPS) is 18.3. The van der Waals surface area contributed by atoms with Crippen molar-refractivity contribution in [3.8, 4) is 0 Å². The van der Waals surface area contributed by atoms with Crippen LogP contribution in [0, 0.1) is 0 Å². The molecule has 7 heteroatoms. The zero-order valence-electron chi connectivity index (χ0n) is 13.8. The highest BCUT2D eigenvalue weighted by molar-refractivity contribution is 6.35. The van der Waals surface area contributed by atoms with Gasteiger partial charge in [0.05, 0.1) is 0 Å². The molecule has 1 aliphatic heterocycles. The molecule has 0 spiro atoms. The number of hydrogen-bond donors (Lipinski definition) is 3. The molecule has 1 amide bonds. The number of hydrogen-bond acceptors (Lipinski definition) is 3. The first kappa shape index (κ1) is 16.9. The molecule has 2 heterocycles. The van der Waals surface area contributed by atoms with Crippen LogP contribution in [0.1, 0.15) is 46.6 Å². The van der Waals surface area contributed by atoms with Gasteiger partial charge >= 0.3 is 0 Å². The quantitative estimate of drug-likeness (QED) is 0.764. The third-order valence-electron chi connectivity index (χ3n) is 5.42. The first-order chi connectivity index (χ1) is 12.1. The number of H-pyrrole nitrogens is 1. The maximum atomic E-state index is 12.7. The standard InChI is InChI=1S/C18H20Cl2N4O/c19-11-2-3-13(14(20)8-11)18(5-1-6-18)10-22-17(25)16-12-9-21-7-4-15(12)23-24-16/h2-3,8,21H,1,4-7,9-10H2,(H,22,25)(H,23,24). The lowest BCUT2D eigenvalue weighted by Gasteiger charge is -2.43. The number of carbonyl (C=O) groups excluding carboxylic acids is 1. The van der Waals surface area contributed by atoms with Gasteiger partial charge in [0, 0.05) is 52.8 Å². The van der Waals surface area contributed by atoms with Gasteiger partial charge in [-0.2, -0.15) is 5.10 Å². The van der Waals surface area contributed by atoms with E-state index in [2.05, 4.69) is 20.8 Å². The van der Waals surface area contributed by atoms with Crippen molar-refractivity contribution in [2.24, 2.45) is 0 Å². The van der Waals surface area contributed by atoms with Crippen LogP contribution in [0.3, 0.4) is 0 Å². The lowest BCUT2D eigenvalue weighted by Crippen LogP contribution is -2.46. The van der Waals surface area contributed by atoms with Crippen molar-refractivity contribution in [3.63, 3.8) is 0 Å². The Morgan fingerprint density at radius 1 is 1.32 bits per heavy atom. The van der Waals surface area contributed by atoms with Crippen LogP contribution in [-0.4, -0.2) is 29.2 Å². The van der Waals surface area contributed by atoms with Gasteiger partial charge in [0.1, 0.15) is 0 Å². The van der Waals surface area contributed by atoms with Crippen LogP contribution in [-0.2, 0) is 18.4 Å². The number of fused-ring (bicyclic) bond motifs is 1. The summed E-state index contributed by atoms with van der Waals surface area (Å²) in [6.45, 7) is 2.15. The fourth-order valence-electron chi connectivity index (χ4n) is 3.81. The summed E-state index contributed by atoms with van der Waals surface area (Å²) in [5, 5.41) is 14.9. The van der Waals surface area contributed by atoms with E-state index >= 15 is 0 Å². The molecule has 1 aromatic carbocycles. The largest absolute Gasteiger partial charge is 0.350 e. The van der Waals surface area contributed by atoms with Crippen LogP contribution in [0.15, 0.2) is 18.2 Å². The highest BCUT2D eigenvalue weighted by Crippen LogP contribution is 2.46. The minimum atomic E-state index is -0.127. The Morgan fingerprint density at radius 2 is 2.16 bits per heavy atom.